The van der Waals surface area contributed by atoms with Gasteiger partial charge in [0.05, 0.1) is 12.7 Å². The van der Waals surface area contributed by atoms with Gasteiger partial charge in [0.1, 0.15) is 0 Å². The molecule has 0 radical (unpaired) electrons. The smallest absolute Gasteiger partial charge is 0.0930 e. The van der Waals surface area contributed by atoms with Gasteiger partial charge in [-0.05, 0) is 38.5 Å². The van der Waals surface area contributed by atoms with Crippen molar-refractivity contribution in [3.63, 3.8) is 0 Å². The normalized spacial score (nSPS) is 12.6. The standard InChI is InChI=1S/C37H75NO2/c1-3-5-7-9-11-13-15-17-19-20-22-24-26-28-30-32-34-40-37(35-38)36-39-33-31-29-27-25-23-21-18-16-14-12-10-8-6-4-2/h17,19,37H,3-16,18,20-36,38H2,1-2H3/b19-17+. The first-order valence-electron chi connectivity index (χ1n) is 18.4. The van der Waals surface area contributed by atoms with Gasteiger partial charge in [-0.25, -0.2) is 0 Å². The maximum absolute atomic E-state index is 5.98. The van der Waals surface area contributed by atoms with Crippen molar-refractivity contribution in [2.45, 2.75) is 200 Å². The summed E-state index contributed by atoms with van der Waals surface area (Å²) in [6.45, 7) is 7.47. The van der Waals surface area contributed by atoms with E-state index >= 15 is 0 Å². The maximum Gasteiger partial charge on any atom is 0.0930 e. The molecule has 0 heterocycles. The Morgan fingerprint density at radius 1 is 0.450 bits per heavy atom. The Morgan fingerprint density at radius 2 is 0.800 bits per heavy atom. The van der Waals surface area contributed by atoms with Gasteiger partial charge in [0.15, 0.2) is 0 Å². The fourth-order valence-electron chi connectivity index (χ4n) is 5.40. The van der Waals surface area contributed by atoms with Crippen molar-refractivity contribution < 1.29 is 9.47 Å². The van der Waals surface area contributed by atoms with E-state index < -0.39 is 0 Å². The predicted molar refractivity (Wildman–Crippen MR) is 179 cm³/mol. The molecule has 3 nitrogen and oxygen atoms in total. The van der Waals surface area contributed by atoms with Crippen LogP contribution in [0.15, 0.2) is 12.2 Å². The fraction of sp³-hybridized carbons (Fsp3) is 0.946. The summed E-state index contributed by atoms with van der Waals surface area (Å²) in [6, 6.07) is 0. The van der Waals surface area contributed by atoms with E-state index in [1.165, 1.54) is 173 Å². The highest BCUT2D eigenvalue weighted by Crippen LogP contribution is 2.13. The van der Waals surface area contributed by atoms with Crippen LogP contribution < -0.4 is 5.73 Å². The molecule has 0 amide bonds. The summed E-state index contributed by atoms with van der Waals surface area (Å²) in [5, 5.41) is 0. The SMILES string of the molecule is CCCCCCCC/C=C/CCCCCCCCOC(CN)COCCCCCCCCCCCCCCCC. The lowest BCUT2D eigenvalue weighted by Crippen LogP contribution is -2.29. The summed E-state index contributed by atoms with van der Waals surface area (Å²) in [7, 11) is 0. The molecule has 0 saturated heterocycles. The average molecular weight is 566 g/mol. The molecule has 0 aliphatic rings. The molecule has 0 bridgehead atoms. The van der Waals surface area contributed by atoms with Crippen LogP contribution in [0.3, 0.4) is 0 Å². The molecule has 0 spiro atoms. The quantitative estimate of drug-likeness (QED) is 0.0614. The minimum Gasteiger partial charge on any atom is -0.379 e. The molecular weight excluding hydrogens is 490 g/mol. The van der Waals surface area contributed by atoms with Gasteiger partial charge >= 0.3 is 0 Å². The minimum absolute atomic E-state index is 0.0646. The molecule has 0 rings (SSSR count). The van der Waals surface area contributed by atoms with Crippen molar-refractivity contribution in [3.05, 3.63) is 12.2 Å². The lowest BCUT2D eigenvalue weighted by molar-refractivity contribution is -0.0136. The van der Waals surface area contributed by atoms with Crippen LogP contribution in [0, 0.1) is 0 Å². The van der Waals surface area contributed by atoms with Gasteiger partial charge in [-0.15, -0.1) is 0 Å². The second kappa shape index (κ2) is 36.6. The Labute approximate surface area is 253 Å². The van der Waals surface area contributed by atoms with Crippen LogP contribution in [0.1, 0.15) is 194 Å². The van der Waals surface area contributed by atoms with Gasteiger partial charge in [0.2, 0.25) is 0 Å². The van der Waals surface area contributed by atoms with Gasteiger partial charge in [0, 0.05) is 19.8 Å². The number of nitrogens with two attached hydrogens (primary N) is 1. The van der Waals surface area contributed by atoms with Gasteiger partial charge in [-0.1, -0.05) is 167 Å². The minimum atomic E-state index is 0.0646. The van der Waals surface area contributed by atoms with Crippen LogP contribution in [0.5, 0.6) is 0 Å². The Bertz CT molecular complexity index is 467. The molecule has 0 aromatic carbocycles. The van der Waals surface area contributed by atoms with E-state index in [9.17, 15) is 0 Å². The zero-order valence-electron chi connectivity index (χ0n) is 27.8. The van der Waals surface area contributed by atoms with E-state index in [2.05, 4.69) is 26.0 Å². The average Bonchev–Trinajstić information content (AvgIpc) is 2.97. The third kappa shape index (κ3) is 33.8. The molecule has 0 aromatic rings. The van der Waals surface area contributed by atoms with Crippen molar-refractivity contribution in [2.24, 2.45) is 5.73 Å². The molecule has 240 valence electrons. The molecule has 0 saturated carbocycles. The molecule has 0 aliphatic heterocycles. The molecule has 0 aromatic heterocycles. The Balaban J connectivity index is 3.29. The first-order chi connectivity index (χ1) is 19.8. The largest absolute Gasteiger partial charge is 0.379 e. The number of allylic oxidation sites excluding steroid dienone is 2. The van der Waals surface area contributed by atoms with E-state index in [0.29, 0.717) is 13.2 Å². The number of ether oxygens (including phenoxy) is 2. The van der Waals surface area contributed by atoms with Crippen LogP contribution in [0.2, 0.25) is 0 Å². The molecule has 0 aliphatic carbocycles. The van der Waals surface area contributed by atoms with Crippen molar-refractivity contribution in [2.75, 3.05) is 26.4 Å². The Kier molecular flexibility index (Phi) is 36.3. The van der Waals surface area contributed by atoms with E-state index in [1.807, 2.05) is 0 Å². The van der Waals surface area contributed by atoms with Gasteiger partial charge < -0.3 is 15.2 Å². The fourth-order valence-corrected chi connectivity index (χ4v) is 5.40. The summed E-state index contributed by atoms with van der Waals surface area (Å²) < 4.78 is 11.8. The van der Waals surface area contributed by atoms with Crippen molar-refractivity contribution >= 4 is 0 Å². The lowest BCUT2D eigenvalue weighted by Gasteiger charge is -2.16. The van der Waals surface area contributed by atoms with E-state index in [4.69, 9.17) is 15.2 Å². The highest BCUT2D eigenvalue weighted by atomic mass is 16.5. The van der Waals surface area contributed by atoms with Crippen LogP contribution in [-0.4, -0.2) is 32.5 Å². The second-order valence-electron chi connectivity index (χ2n) is 12.3. The molecule has 1 unspecified atom stereocenters. The molecule has 1 atom stereocenters. The van der Waals surface area contributed by atoms with Crippen LogP contribution in [-0.2, 0) is 9.47 Å². The first kappa shape index (κ1) is 39.6. The topological polar surface area (TPSA) is 44.5 Å². The third-order valence-electron chi connectivity index (χ3n) is 8.22. The van der Waals surface area contributed by atoms with Crippen molar-refractivity contribution in [3.8, 4) is 0 Å². The highest BCUT2D eigenvalue weighted by Gasteiger charge is 2.07. The first-order valence-corrected chi connectivity index (χ1v) is 18.4. The summed E-state index contributed by atoms with van der Waals surface area (Å²) in [5.41, 5.74) is 5.90. The predicted octanol–water partition coefficient (Wildman–Crippen LogP) is 11.9. The Hall–Kier alpha value is -0.380. The lowest BCUT2D eigenvalue weighted by atomic mass is 10.0. The number of hydrogen-bond donors (Lipinski definition) is 1. The number of hydrogen-bond acceptors (Lipinski definition) is 3. The van der Waals surface area contributed by atoms with E-state index in [1.54, 1.807) is 0 Å². The summed E-state index contributed by atoms with van der Waals surface area (Å²) in [4.78, 5) is 0. The molecule has 3 heteroatoms. The van der Waals surface area contributed by atoms with Crippen molar-refractivity contribution in [1.82, 2.24) is 0 Å². The number of unbranched alkanes of at least 4 members (excludes halogenated alkanes) is 25. The maximum atomic E-state index is 5.98. The zero-order valence-corrected chi connectivity index (χ0v) is 27.8. The summed E-state index contributed by atoms with van der Waals surface area (Å²) in [5.74, 6) is 0. The third-order valence-corrected chi connectivity index (χ3v) is 8.22. The highest BCUT2D eigenvalue weighted by molar-refractivity contribution is 4.81. The zero-order chi connectivity index (χ0) is 29.0. The molecule has 0 fully saturated rings. The second-order valence-corrected chi connectivity index (χ2v) is 12.3. The monoisotopic (exact) mass is 566 g/mol. The summed E-state index contributed by atoms with van der Waals surface area (Å²) >= 11 is 0. The molecule has 2 N–H and O–H groups in total. The van der Waals surface area contributed by atoms with E-state index in [-0.39, 0.29) is 6.10 Å². The van der Waals surface area contributed by atoms with Crippen LogP contribution >= 0.6 is 0 Å². The molecular formula is C37H75NO2. The van der Waals surface area contributed by atoms with Gasteiger partial charge in [0.25, 0.3) is 0 Å². The van der Waals surface area contributed by atoms with Gasteiger partial charge in [-0.3, -0.25) is 0 Å². The summed E-state index contributed by atoms with van der Waals surface area (Å²) in [6.07, 6.45) is 43.1. The van der Waals surface area contributed by atoms with Crippen molar-refractivity contribution in [1.29, 1.82) is 0 Å². The van der Waals surface area contributed by atoms with E-state index in [0.717, 1.165) is 19.6 Å². The van der Waals surface area contributed by atoms with Crippen LogP contribution in [0.4, 0.5) is 0 Å². The molecule has 40 heavy (non-hydrogen) atoms. The van der Waals surface area contributed by atoms with Gasteiger partial charge in [-0.2, -0.15) is 0 Å². The van der Waals surface area contributed by atoms with Crippen LogP contribution in [0.25, 0.3) is 0 Å². The Morgan fingerprint density at radius 3 is 1.20 bits per heavy atom. The number of rotatable bonds is 35.